The van der Waals surface area contributed by atoms with E-state index in [2.05, 4.69) is 0 Å². The van der Waals surface area contributed by atoms with Gasteiger partial charge in [-0.1, -0.05) is 53.0 Å². The third kappa shape index (κ3) is 2.21. The molecular formula is C12H9Cl2NO2. The van der Waals surface area contributed by atoms with Crippen molar-refractivity contribution >= 4 is 35.0 Å². The predicted octanol–water partition coefficient (Wildman–Crippen LogP) is 2.55. The van der Waals surface area contributed by atoms with Crippen molar-refractivity contribution < 1.29 is 9.59 Å². The molecule has 0 unspecified atom stereocenters. The molecule has 0 aromatic heterocycles. The SMILES string of the molecule is Cc1ccc(CN2C(=O)C(Cl)=C(Cl)C2=O)cc1. The van der Waals surface area contributed by atoms with E-state index in [1.807, 2.05) is 31.2 Å². The van der Waals surface area contributed by atoms with E-state index >= 15 is 0 Å². The molecule has 0 saturated carbocycles. The van der Waals surface area contributed by atoms with Gasteiger partial charge in [0.2, 0.25) is 0 Å². The molecule has 0 fully saturated rings. The lowest BCUT2D eigenvalue weighted by atomic mass is 10.1. The first kappa shape index (κ1) is 12.1. The van der Waals surface area contributed by atoms with Crippen molar-refractivity contribution in [2.24, 2.45) is 0 Å². The van der Waals surface area contributed by atoms with E-state index in [-0.39, 0.29) is 16.6 Å². The summed E-state index contributed by atoms with van der Waals surface area (Å²) >= 11 is 11.3. The van der Waals surface area contributed by atoms with Gasteiger partial charge in [0.05, 0.1) is 6.54 Å². The maximum atomic E-state index is 11.6. The summed E-state index contributed by atoms with van der Waals surface area (Å²) in [6.45, 7) is 2.15. The third-order valence-corrected chi connectivity index (χ3v) is 3.32. The highest BCUT2D eigenvalue weighted by molar-refractivity contribution is 6.58. The second-order valence-electron chi connectivity index (χ2n) is 3.81. The van der Waals surface area contributed by atoms with Gasteiger partial charge >= 0.3 is 0 Å². The molecule has 2 amide bonds. The highest BCUT2D eigenvalue weighted by Crippen LogP contribution is 2.27. The van der Waals surface area contributed by atoms with E-state index < -0.39 is 11.8 Å². The lowest BCUT2D eigenvalue weighted by Gasteiger charge is -2.14. The van der Waals surface area contributed by atoms with Crippen LogP contribution in [0.4, 0.5) is 0 Å². The molecule has 0 atom stereocenters. The number of amides is 2. The van der Waals surface area contributed by atoms with Crippen LogP contribution in [0.2, 0.25) is 0 Å². The van der Waals surface area contributed by atoms with E-state index in [4.69, 9.17) is 23.2 Å². The van der Waals surface area contributed by atoms with E-state index in [0.29, 0.717) is 0 Å². The van der Waals surface area contributed by atoms with E-state index in [1.165, 1.54) is 0 Å². The normalized spacial score (nSPS) is 16.1. The van der Waals surface area contributed by atoms with Gasteiger partial charge in [0, 0.05) is 0 Å². The lowest BCUT2D eigenvalue weighted by molar-refractivity contribution is -0.137. The smallest absolute Gasteiger partial charge is 0.268 e. The Morgan fingerprint density at radius 3 is 1.94 bits per heavy atom. The van der Waals surface area contributed by atoms with E-state index in [0.717, 1.165) is 16.0 Å². The highest BCUT2D eigenvalue weighted by Gasteiger charge is 2.36. The summed E-state index contributed by atoms with van der Waals surface area (Å²) in [5.41, 5.74) is 1.97. The first-order chi connectivity index (χ1) is 8.00. The number of hydrogen-bond donors (Lipinski definition) is 0. The number of carbonyl (C=O) groups is 2. The fourth-order valence-electron chi connectivity index (χ4n) is 1.54. The number of aryl methyl sites for hydroxylation is 1. The van der Waals surface area contributed by atoms with E-state index in [1.54, 1.807) is 0 Å². The number of halogens is 2. The Morgan fingerprint density at radius 1 is 1.00 bits per heavy atom. The van der Waals surface area contributed by atoms with Gasteiger partial charge in [-0.15, -0.1) is 0 Å². The predicted molar refractivity (Wildman–Crippen MR) is 65.5 cm³/mol. The average molecular weight is 270 g/mol. The van der Waals surface area contributed by atoms with Gasteiger partial charge in [0.25, 0.3) is 11.8 Å². The van der Waals surface area contributed by atoms with Crippen LogP contribution in [0.25, 0.3) is 0 Å². The second kappa shape index (κ2) is 4.51. The Kier molecular flexibility index (Phi) is 3.22. The monoisotopic (exact) mass is 269 g/mol. The standard InChI is InChI=1S/C12H9Cl2NO2/c1-7-2-4-8(5-3-7)6-15-11(16)9(13)10(14)12(15)17/h2-5H,6H2,1H3. The Morgan fingerprint density at radius 2 is 1.47 bits per heavy atom. The van der Waals surface area contributed by atoms with Crippen LogP contribution in [0.5, 0.6) is 0 Å². The molecule has 0 bridgehead atoms. The third-order valence-electron chi connectivity index (χ3n) is 2.52. The number of carbonyl (C=O) groups excluding carboxylic acids is 2. The van der Waals surface area contributed by atoms with Crippen LogP contribution in [0.1, 0.15) is 11.1 Å². The molecule has 88 valence electrons. The van der Waals surface area contributed by atoms with E-state index in [9.17, 15) is 9.59 Å². The molecule has 17 heavy (non-hydrogen) atoms. The van der Waals surface area contributed by atoms with Gasteiger partial charge in [-0.25, -0.2) is 0 Å². The minimum atomic E-state index is -0.540. The second-order valence-corrected chi connectivity index (χ2v) is 4.57. The Hall–Kier alpha value is -1.32. The van der Waals surface area contributed by atoms with Crippen LogP contribution in [0, 0.1) is 6.92 Å². The summed E-state index contributed by atoms with van der Waals surface area (Å²) in [5.74, 6) is -1.08. The molecule has 1 aliphatic heterocycles. The molecule has 0 aliphatic carbocycles. The quantitative estimate of drug-likeness (QED) is 0.774. The molecule has 2 rings (SSSR count). The van der Waals surface area contributed by atoms with Crippen LogP contribution >= 0.6 is 23.2 Å². The van der Waals surface area contributed by atoms with Crippen molar-refractivity contribution in [1.29, 1.82) is 0 Å². The summed E-state index contributed by atoms with van der Waals surface area (Å²) in [7, 11) is 0. The maximum Gasteiger partial charge on any atom is 0.274 e. The molecule has 0 radical (unpaired) electrons. The Labute approximate surface area is 109 Å². The van der Waals surface area contributed by atoms with Crippen molar-refractivity contribution in [3.05, 3.63) is 45.5 Å². The molecule has 5 heteroatoms. The summed E-state index contributed by atoms with van der Waals surface area (Å²) in [6, 6.07) is 7.54. The maximum absolute atomic E-state index is 11.6. The van der Waals surface area contributed by atoms with Crippen molar-refractivity contribution in [3.63, 3.8) is 0 Å². The molecule has 3 nitrogen and oxygen atoms in total. The molecular weight excluding hydrogens is 261 g/mol. The Balaban J connectivity index is 2.19. The van der Waals surface area contributed by atoms with Crippen molar-refractivity contribution in [2.45, 2.75) is 13.5 Å². The van der Waals surface area contributed by atoms with Crippen LogP contribution in [-0.2, 0) is 16.1 Å². The van der Waals surface area contributed by atoms with Gasteiger partial charge in [0.1, 0.15) is 10.1 Å². The van der Waals surface area contributed by atoms with Crippen LogP contribution in [0.3, 0.4) is 0 Å². The minimum absolute atomic E-state index is 0.185. The zero-order valence-electron chi connectivity index (χ0n) is 9.04. The van der Waals surface area contributed by atoms with Gasteiger partial charge in [-0.05, 0) is 12.5 Å². The van der Waals surface area contributed by atoms with Crippen molar-refractivity contribution in [1.82, 2.24) is 4.90 Å². The average Bonchev–Trinajstić information content (AvgIpc) is 2.50. The Bertz CT molecular complexity index is 496. The summed E-state index contributed by atoms with van der Waals surface area (Å²) < 4.78 is 0. The van der Waals surface area contributed by atoms with Crippen LogP contribution in [-0.4, -0.2) is 16.7 Å². The zero-order chi connectivity index (χ0) is 12.6. The van der Waals surface area contributed by atoms with Crippen LogP contribution < -0.4 is 0 Å². The molecule has 1 heterocycles. The molecule has 1 aliphatic rings. The molecule has 1 aromatic carbocycles. The number of benzene rings is 1. The van der Waals surface area contributed by atoms with Gasteiger partial charge in [0.15, 0.2) is 0 Å². The topological polar surface area (TPSA) is 37.4 Å². The molecule has 0 N–H and O–H groups in total. The zero-order valence-corrected chi connectivity index (χ0v) is 10.5. The van der Waals surface area contributed by atoms with Gasteiger partial charge < -0.3 is 0 Å². The van der Waals surface area contributed by atoms with Crippen LogP contribution in [0.15, 0.2) is 34.3 Å². The number of nitrogens with zero attached hydrogens (tertiary/aromatic N) is 1. The number of rotatable bonds is 2. The fourth-order valence-corrected chi connectivity index (χ4v) is 1.90. The van der Waals surface area contributed by atoms with Crippen molar-refractivity contribution in [2.75, 3.05) is 0 Å². The summed E-state index contributed by atoms with van der Waals surface area (Å²) in [4.78, 5) is 24.3. The highest BCUT2D eigenvalue weighted by atomic mass is 35.5. The number of imide groups is 1. The fraction of sp³-hybridized carbons (Fsp3) is 0.167. The lowest BCUT2D eigenvalue weighted by Crippen LogP contribution is -2.30. The first-order valence-electron chi connectivity index (χ1n) is 4.97. The first-order valence-corrected chi connectivity index (χ1v) is 5.73. The van der Waals surface area contributed by atoms with Crippen molar-refractivity contribution in [3.8, 4) is 0 Å². The molecule has 1 aromatic rings. The number of hydrogen-bond acceptors (Lipinski definition) is 2. The van der Waals surface area contributed by atoms with Gasteiger partial charge in [-0.3, -0.25) is 14.5 Å². The molecule has 0 saturated heterocycles. The summed E-state index contributed by atoms with van der Waals surface area (Å²) in [5, 5.41) is -0.410. The largest absolute Gasteiger partial charge is 0.274 e. The van der Waals surface area contributed by atoms with Gasteiger partial charge in [-0.2, -0.15) is 0 Å². The minimum Gasteiger partial charge on any atom is -0.268 e. The summed E-state index contributed by atoms with van der Waals surface area (Å²) in [6.07, 6.45) is 0. The molecule has 0 spiro atoms.